The van der Waals surface area contributed by atoms with Gasteiger partial charge >= 0.3 is 0 Å². The molecule has 4 nitrogen and oxygen atoms in total. The average Bonchev–Trinajstić information content (AvgIpc) is 3.68. The third kappa shape index (κ3) is 5.16. The number of ether oxygens (including phenoxy) is 2. The van der Waals surface area contributed by atoms with E-state index >= 15 is 0 Å². The maximum atomic E-state index is 6.88. The third-order valence-electron chi connectivity index (χ3n) is 12.0. The van der Waals surface area contributed by atoms with Crippen molar-refractivity contribution in [3.8, 4) is 45.3 Å². The van der Waals surface area contributed by atoms with Gasteiger partial charge < -0.3 is 18.8 Å². The molecule has 3 heterocycles. The molecular formula is C55H35NO3. The minimum absolute atomic E-state index is 0.689. The molecule has 0 radical (unpaired) electrons. The van der Waals surface area contributed by atoms with Crippen molar-refractivity contribution in [3.63, 3.8) is 0 Å². The zero-order valence-corrected chi connectivity index (χ0v) is 31.9. The zero-order chi connectivity index (χ0) is 38.9. The van der Waals surface area contributed by atoms with Crippen molar-refractivity contribution in [1.82, 2.24) is 0 Å². The number of nitrogens with zero attached hydrogens (tertiary/aromatic N) is 1. The van der Waals surface area contributed by atoms with Gasteiger partial charge in [-0.2, -0.15) is 0 Å². The van der Waals surface area contributed by atoms with E-state index in [-0.39, 0.29) is 0 Å². The molecule has 0 saturated heterocycles. The maximum Gasteiger partial charge on any atom is 0.135 e. The fraction of sp³-hybridized carbons (Fsp3) is 0.0182. The number of hydrogen-bond donors (Lipinski definition) is 0. The van der Waals surface area contributed by atoms with Gasteiger partial charge in [-0.25, -0.2) is 0 Å². The lowest BCUT2D eigenvalue weighted by molar-refractivity contribution is 0.399. The Bertz CT molecular complexity index is 3170. The zero-order valence-electron chi connectivity index (χ0n) is 31.9. The van der Waals surface area contributed by atoms with Crippen molar-refractivity contribution in [1.29, 1.82) is 0 Å². The van der Waals surface area contributed by atoms with Gasteiger partial charge in [0, 0.05) is 50.1 Å². The molecule has 0 amide bonds. The lowest BCUT2D eigenvalue weighted by Crippen LogP contribution is -2.36. The van der Waals surface area contributed by atoms with Gasteiger partial charge in [0.05, 0.1) is 5.41 Å². The lowest BCUT2D eigenvalue weighted by Gasteiger charge is -2.45. The molecule has 59 heavy (non-hydrogen) atoms. The third-order valence-corrected chi connectivity index (χ3v) is 12.0. The Morgan fingerprint density at radius 3 is 1.37 bits per heavy atom. The van der Waals surface area contributed by atoms with Crippen molar-refractivity contribution in [2.75, 3.05) is 4.90 Å². The van der Waals surface area contributed by atoms with Gasteiger partial charge in [0.15, 0.2) is 0 Å². The lowest BCUT2D eigenvalue weighted by atomic mass is 9.62. The summed E-state index contributed by atoms with van der Waals surface area (Å²) in [5.74, 6) is 3.31. The SMILES string of the molecule is c1ccc(N(c2ccccc2)c2ccc(-c3ccc4c(c3)Oc3ccccc3C43c4ccccc4Oc4cc(-c5ccc6oc7ccccc7c6c5)ccc43)cc2)cc1. The number of benzene rings is 9. The van der Waals surface area contributed by atoms with E-state index in [1.54, 1.807) is 0 Å². The smallest absolute Gasteiger partial charge is 0.135 e. The van der Waals surface area contributed by atoms with Gasteiger partial charge in [-0.05, 0) is 101 Å². The van der Waals surface area contributed by atoms with Crippen molar-refractivity contribution >= 4 is 39.0 Å². The molecule has 1 atom stereocenters. The summed E-state index contributed by atoms with van der Waals surface area (Å²) >= 11 is 0. The normalized spacial score (nSPS) is 14.8. The average molecular weight is 758 g/mol. The molecule has 0 saturated carbocycles. The summed E-state index contributed by atoms with van der Waals surface area (Å²) < 4.78 is 19.9. The van der Waals surface area contributed by atoms with E-state index in [0.717, 1.165) is 107 Å². The predicted molar refractivity (Wildman–Crippen MR) is 238 cm³/mol. The first-order valence-electron chi connectivity index (χ1n) is 20.0. The Labute approximate surface area is 341 Å². The van der Waals surface area contributed by atoms with Crippen LogP contribution in [-0.4, -0.2) is 0 Å². The summed E-state index contributed by atoms with van der Waals surface area (Å²) in [6.45, 7) is 0. The molecule has 9 aromatic carbocycles. The van der Waals surface area contributed by atoms with Gasteiger partial charge in [-0.15, -0.1) is 0 Å². The molecule has 0 bridgehead atoms. The van der Waals surface area contributed by atoms with E-state index in [4.69, 9.17) is 13.9 Å². The molecule has 0 fully saturated rings. The van der Waals surface area contributed by atoms with E-state index in [9.17, 15) is 0 Å². The largest absolute Gasteiger partial charge is 0.457 e. The first-order valence-corrected chi connectivity index (χ1v) is 20.0. The summed E-state index contributed by atoms with van der Waals surface area (Å²) in [6.07, 6.45) is 0. The van der Waals surface area contributed by atoms with Crippen LogP contribution >= 0.6 is 0 Å². The first-order chi connectivity index (χ1) is 29.2. The van der Waals surface area contributed by atoms with Crippen LogP contribution in [0.2, 0.25) is 0 Å². The topological polar surface area (TPSA) is 34.8 Å². The molecule has 0 aliphatic carbocycles. The Kier molecular flexibility index (Phi) is 7.41. The first kappa shape index (κ1) is 33.3. The number of anilines is 3. The molecule has 2 aliphatic rings. The molecule has 2 aliphatic heterocycles. The maximum absolute atomic E-state index is 6.88. The van der Waals surface area contributed by atoms with Crippen LogP contribution in [0.3, 0.4) is 0 Å². The van der Waals surface area contributed by atoms with Gasteiger partial charge in [0.25, 0.3) is 0 Å². The standard InChI is InChI=1S/C55H35NO3/c1-3-13-40(14-4-1)56(41-15-5-2-6-16-41)42-28-23-36(24-29-42)38-25-30-47-53(34-38)58-51-21-11-8-18-45(51)55(47)46-19-9-12-22-52(46)59-54-35-39(26-31-48(54)55)37-27-32-50-44(33-37)43-17-7-10-20-49(43)57-50/h1-35H. The molecule has 1 spiro atoms. The van der Waals surface area contributed by atoms with Crippen LogP contribution in [0.15, 0.2) is 217 Å². The number of para-hydroxylation sites is 5. The fourth-order valence-corrected chi connectivity index (χ4v) is 9.34. The molecule has 0 N–H and O–H groups in total. The van der Waals surface area contributed by atoms with E-state index in [2.05, 4.69) is 205 Å². The van der Waals surface area contributed by atoms with E-state index in [1.807, 2.05) is 12.1 Å². The number of hydrogen-bond acceptors (Lipinski definition) is 4. The summed E-state index contributed by atoms with van der Waals surface area (Å²) in [4.78, 5) is 2.28. The van der Waals surface area contributed by atoms with E-state index in [1.165, 1.54) is 0 Å². The Morgan fingerprint density at radius 2 is 0.746 bits per heavy atom. The monoisotopic (exact) mass is 757 g/mol. The minimum Gasteiger partial charge on any atom is -0.457 e. The Morgan fingerprint density at radius 1 is 0.305 bits per heavy atom. The molecule has 10 aromatic rings. The van der Waals surface area contributed by atoms with Crippen LogP contribution in [0.1, 0.15) is 22.3 Å². The van der Waals surface area contributed by atoms with E-state index in [0.29, 0.717) is 0 Å². The van der Waals surface area contributed by atoms with Crippen LogP contribution in [0.25, 0.3) is 44.2 Å². The van der Waals surface area contributed by atoms with Crippen LogP contribution in [-0.2, 0) is 5.41 Å². The Hall–Kier alpha value is -7.82. The second-order valence-electron chi connectivity index (χ2n) is 15.2. The highest BCUT2D eigenvalue weighted by Crippen LogP contribution is 2.62. The molecule has 1 unspecified atom stereocenters. The Balaban J connectivity index is 0.991. The summed E-state index contributed by atoms with van der Waals surface area (Å²) in [5.41, 5.74) is 13.1. The van der Waals surface area contributed by atoms with Crippen LogP contribution < -0.4 is 14.4 Å². The molecule has 4 heteroatoms. The molecule has 278 valence electrons. The van der Waals surface area contributed by atoms with Crippen LogP contribution in [0, 0.1) is 0 Å². The highest BCUT2D eigenvalue weighted by molar-refractivity contribution is 6.06. The molecule has 12 rings (SSSR count). The highest BCUT2D eigenvalue weighted by atomic mass is 16.5. The second-order valence-corrected chi connectivity index (χ2v) is 15.2. The van der Waals surface area contributed by atoms with Gasteiger partial charge in [-0.1, -0.05) is 133 Å². The van der Waals surface area contributed by atoms with Crippen molar-refractivity contribution in [2.45, 2.75) is 5.41 Å². The van der Waals surface area contributed by atoms with Gasteiger partial charge in [-0.3, -0.25) is 0 Å². The van der Waals surface area contributed by atoms with Crippen molar-refractivity contribution in [2.24, 2.45) is 0 Å². The van der Waals surface area contributed by atoms with Crippen molar-refractivity contribution < 1.29 is 13.9 Å². The van der Waals surface area contributed by atoms with E-state index < -0.39 is 5.41 Å². The predicted octanol–water partition coefficient (Wildman–Crippen LogP) is 15.0. The van der Waals surface area contributed by atoms with Crippen molar-refractivity contribution in [3.05, 3.63) is 235 Å². The number of rotatable bonds is 5. The summed E-state index contributed by atoms with van der Waals surface area (Å²) in [5, 5.41) is 2.21. The molecular weight excluding hydrogens is 723 g/mol. The van der Waals surface area contributed by atoms with Gasteiger partial charge in [0.2, 0.25) is 0 Å². The van der Waals surface area contributed by atoms with Gasteiger partial charge in [0.1, 0.15) is 34.2 Å². The number of fused-ring (bicyclic) bond motifs is 11. The number of furan rings is 1. The second kappa shape index (κ2) is 13.1. The summed E-state index contributed by atoms with van der Waals surface area (Å²) in [6, 6.07) is 74.7. The minimum atomic E-state index is -0.689. The van der Waals surface area contributed by atoms with Crippen LogP contribution in [0.4, 0.5) is 17.1 Å². The van der Waals surface area contributed by atoms with Crippen LogP contribution in [0.5, 0.6) is 23.0 Å². The molecule has 1 aromatic heterocycles. The fourth-order valence-electron chi connectivity index (χ4n) is 9.34. The highest BCUT2D eigenvalue weighted by Gasteiger charge is 2.50. The quantitative estimate of drug-likeness (QED) is 0.175. The summed E-state index contributed by atoms with van der Waals surface area (Å²) in [7, 11) is 0.